The van der Waals surface area contributed by atoms with Gasteiger partial charge in [-0.2, -0.15) is 9.61 Å². The van der Waals surface area contributed by atoms with E-state index in [2.05, 4.69) is 20.3 Å². The van der Waals surface area contributed by atoms with Gasteiger partial charge in [0, 0.05) is 0 Å². The standard InChI is InChI=1S/C6H5N5O3S/c12-3-1-7-11-5(8-3)9-10-6(11)15-2-4(13)14/h1H,2H2,(H,13,14)(H,8,9,12). The van der Waals surface area contributed by atoms with Gasteiger partial charge in [-0.1, -0.05) is 11.8 Å². The highest BCUT2D eigenvalue weighted by atomic mass is 32.2. The maximum atomic E-state index is 10.9. The molecular weight excluding hydrogens is 222 g/mol. The first-order valence-electron chi connectivity index (χ1n) is 3.82. The van der Waals surface area contributed by atoms with Crippen LogP contribution in [0.25, 0.3) is 5.78 Å². The molecule has 0 atom stereocenters. The van der Waals surface area contributed by atoms with Crippen molar-refractivity contribution in [3.05, 3.63) is 16.6 Å². The minimum atomic E-state index is -0.957. The highest BCUT2D eigenvalue weighted by Gasteiger charge is 2.09. The fourth-order valence-corrected chi connectivity index (χ4v) is 1.52. The number of nitrogens with one attached hydrogen (secondary N) is 1. The van der Waals surface area contributed by atoms with Crippen LogP contribution in [0.4, 0.5) is 0 Å². The summed E-state index contributed by atoms with van der Waals surface area (Å²) in [6, 6.07) is 0. The molecule has 0 aromatic carbocycles. The Morgan fingerprint density at radius 3 is 3.13 bits per heavy atom. The molecule has 78 valence electrons. The third-order valence-corrected chi connectivity index (χ3v) is 2.37. The Bertz CT molecular complexity index is 561. The van der Waals surface area contributed by atoms with Crippen molar-refractivity contribution in [3.63, 3.8) is 0 Å². The molecule has 0 aliphatic heterocycles. The number of rotatable bonds is 3. The number of aromatic nitrogens is 5. The molecular formula is C6H5N5O3S. The van der Waals surface area contributed by atoms with E-state index >= 15 is 0 Å². The van der Waals surface area contributed by atoms with Crippen LogP contribution >= 0.6 is 11.8 Å². The lowest BCUT2D eigenvalue weighted by Gasteiger charge is -1.94. The van der Waals surface area contributed by atoms with Gasteiger partial charge in [0.2, 0.25) is 5.16 Å². The summed E-state index contributed by atoms with van der Waals surface area (Å²) in [5.74, 6) is -0.904. The van der Waals surface area contributed by atoms with Crippen molar-refractivity contribution in [1.82, 2.24) is 24.8 Å². The van der Waals surface area contributed by atoms with Crippen LogP contribution in [0.2, 0.25) is 0 Å². The number of hydrogen-bond donors (Lipinski definition) is 2. The van der Waals surface area contributed by atoms with Crippen LogP contribution in [-0.4, -0.2) is 41.6 Å². The molecule has 0 bridgehead atoms. The Morgan fingerprint density at radius 1 is 1.60 bits per heavy atom. The molecule has 2 heterocycles. The second-order valence-corrected chi connectivity index (χ2v) is 3.48. The van der Waals surface area contributed by atoms with Gasteiger partial charge in [0.25, 0.3) is 11.3 Å². The minimum Gasteiger partial charge on any atom is -0.481 e. The molecule has 0 spiro atoms. The molecule has 0 unspecified atom stereocenters. The number of hydrogen-bond acceptors (Lipinski definition) is 6. The third kappa shape index (κ3) is 1.96. The van der Waals surface area contributed by atoms with Crippen molar-refractivity contribution in [2.24, 2.45) is 0 Å². The largest absolute Gasteiger partial charge is 0.481 e. The zero-order valence-electron chi connectivity index (χ0n) is 7.25. The molecule has 2 N–H and O–H groups in total. The molecule has 0 aliphatic carbocycles. The number of thioether (sulfide) groups is 1. The number of aliphatic carboxylic acids is 1. The van der Waals surface area contributed by atoms with Crippen molar-refractivity contribution in [3.8, 4) is 0 Å². The molecule has 8 nitrogen and oxygen atoms in total. The average molecular weight is 227 g/mol. The molecule has 0 saturated heterocycles. The van der Waals surface area contributed by atoms with E-state index < -0.39 is 5.97 Å². The Balaban J connectivity index is 2.36. The summed E-state index contributed by atoms with van der Waals surface area (Å²) in [5, 5.41) is 19.9. The summed E-state index contributed by atoms with van der Waals surface area (Å²) in [6.07, 6.45) is 1.07. The maximum Gasteiger partial charge on any atom is 0.313 e. The summed E-state index contributed by atoms with van der Waals surface area (Å²) in [5.41, 5.74) is -0.385. The van der Waals surface area contributed by atoms with E-state index in [4.69, 9.17) is 5.11 Å². The fourth-order valence-electron chi connectivity index (χ4n) is 0.916. The van der Waals surface area contributed by atoms with Crippen LogP contribution in [0.5, 0.6) is 0 Å². The SMILES string of the molecule is O=C(O)CSc1nnc2[nH]c(=O)cnn12. The van der Waals surface area contributed by atoms with Crippen molar-refractivity contribution < 1.29 is 9.90 Å². The smallest absolute Gasteiger partial charge is 0.313 e. The summed E-state index contributed by atoms with van der Waals surface area (Å²) < 4.78 is 1.27. The molecule has 0 aliphatic rings. The number of carboxylic acid groups (broad SMARTS) is 1. The number of H-pyrrole nitrogens is 1. The molecule has 0 saturated carbocycles. The van der Waals surface area contributed by atoms with Crippen molar-refractivity contribution in [2.75, 3.05) is 5.75 Å². The number of carboxylic acids is 1. The average Bonchev–Trinajstić information content (AvgIpc) is 2.57. The first-order valence-corrected chi connectivity index (χ1v) is 4.81. The van der Waals surface area contributed by atoms with E-state index in [1.54, 1.807) is 0 Å². The molecule has 2 aromatic heterocycles. The van der Waals surface area contributed by atoms with Crippen LogP contribution in [0.3, 0.4) is 0 Å². The Kier molecular flexibility index (Phi) is 2.37. The van der Waals surface area contributed by atoms with Crippen LogP contribution in [-0.2, 0) is 4.79 Å². The van der Waals surface area contributed by atoms with Crippen LogP contribution in [0.1, 0.15) is 0 Å². The zero-order chi connectivity index (χ0) is 10.8. The van der Waals surface area contributed by atoms with E-state index in [0.717, 1.165) is 18.0 Å². The van der Waals surface area contributed by atoms with Gasteiger partial charge in [0.15, 0.2) is 0 Å². The lowest BCUT2D eigenvalue weighted by molar-refractivity contribution is -0.133. The molecule has 15 heavy (non-hydrogen) atoms. The normalized spacial score (nSPS) is 10.7. The van der Waals surface area contributed by atoms with Gasteiger partial charge in [-0.3, -0.25) is 14.6 Å². The lowest BCUT2D eigenvalue weighted by atomic mass is 10.8. The number of fused-ring (bicyclic) bond motifs is 1. The molecule has 2 rings (SSSR count). The monoisotopic (exact) mass is 227 g/mol. The van der Waals surface area contributed by atoms with Gasteiger partial charge in [0.1, 0.15) is 6.20 Å². The van der Waals surface area contributed by atoms with E-state index in [1.807, 2.05) is 0 Å². The number of nitrogens with zero attached hydrogens (tertiary/aromatic N) is 4. The number of carbonyl (C=O) groups is 1. The first-order chi connectivity index (χ1) is 7.16. The highest BCUT2D eigenvalue weighted by molar-refractivity contribution is 7.99. The second-order valence-electron chi connectivity index (χ2n) is 2.53. The maximum absolute atomic E-state index is 10.9. The van der Waals surface area contributed by atoms with Crippen LogP contribution in [0.15, 0.2) is 16.1 Å². The molecule has 9 heteroatoms. The second kappa shape index (κ2) is 3.69. The van der Waals surface area contributed by atoms with Crippen LogP contribution < -0.4 is 5.56 Å². The Hall–Kier alpha value is -1.90. The molecule has 0 radical (unpaired) electrons. The quantitative estimate of drug-likeness (QED) is 0.645. The predicted octanol–water partition coefficient (Wildman–Crippen LogP) is -1.01. The van der Waals surface area contributed by atoms with Crippen molar-refractivity contribution in [2.45, 2.75) is 5.16 Å². The fraction of sp³-hybridized carbons (Fsp3) is 0.167. The van der Waals surface area contributed by atoms with Gasteiger partial charge < -0.3 is 5.11 Å². The summed E-state index contributed by atoms with van der Waals surface area (Å²) in [4.78, 5) is 23.6. The van der Waals surface area contributed by atoms with Gasteiger partial charge >= 0.3 is 5.97 Å². The van der Waals surface area contributed by atoms with E-state index in [1.165, 1.54) is 4.52 Å². The Morgan fingerprint density at radius 2 is 2.40 bits per heavy atom. The van der Waals surface area contributed by atoms with Gasteiger partial charge in [-0.05, 0) is 0 Å². The predicted molar refractivity (Wildman–Crippen MR) is 49.8 cm³/mol. The van der Waals surface area contributed by atoms with Gasteiger partial charge in [-0.25, -0.2) is 0 Å². The van der Waals surface area contributed by atoms with E-state index in [9.17, 15) is 9.59 Å². The summed E-state index contributed by atoms with van der Waals surface area (Å²) in [6.45, 7) is 0. The minimum absolute atomic E-state index is 0.137. The van der Waals surface area contributed by atoms with Gasteiger partial charge in [-0.15, -0.1) is 10.2 Å². The summed E-state index contributed by atoms with van der Waals surface area (Å²) >= 11 is 0.976. The highest BCUT2D eigenvalue weighted by Crippen LogP contribution is 2.13. The van der Waals surface area contributed by atoms with E-state index in [-0.39, 0.29) is 17.1 Å². The molecule has 0 fully saturated rings. The lowest BCUT2D eigenvalue weighted by Crippen LogP contribution is -2.10. The topological polar surface area (TPSA) is 113 Å². The van der Waals surface area contributed by atoms with E-state index in [0.29, 0.717) is 5.16 Å². The molecule has 0 amide bonds. The van der Waals surface area contributed by atoms with Crippen molar-refractivity contribution in [1.29, 1.82) is 0 Å². The number of aromatic amines is 1. The van der Waals surface area contributed by atoms with Crippen molar-refractivity contribution >= 4 is 23.5 Å². The summed E-state index contributed by atoms with van der Waals surface area (Å²) in [7, 11) is 0. The zero-order valence-corrected chi connectivity index (χ0v) is 8.06. The Labute approximate surface area is 86.3 Å². The first kappa shape index (κ1) is 9.65. The third-order valence-electron chi connectivity index (χ3n) is 1.46. The molecule has 2 aromatic rings. The van der Waals surface area contributed by atoms with Crippen LogP contribution in [0, 0.1) is 0 Å². The van der Waals surface area contributed by atoms with Gasteiger partial charge in [0.05, 0.1) is 5.75 Å².